The molecule has 3 saturated heterocycles. The molecular formula is C24H23ClN2O3. The van der Waals surface area contributed by atoms with E-state index in [1.165, 1.54) is 4.90 Å². The molecule has 0 radical (unpaired) electrons. The third-order valence-corrected chi connectivity index (χ3v) is 7.09. The molecule has 0 spiro atoms. The minimum absolute atomic E-state index is 0.0524. The Labute approximate surface area is 180 Å². The predicted molar refractivity (Wildman–Crippen MR) is 115 cm³/mol. The van der Waals surface area contributed by atoms with Crippen LogP contribution >= 0.6 is 11.6 Å². The molecule has 4 atom stereocenters. The van der Waals surface area contributed by atoms with Crippen molar-refractivity contribution in [3.63, 3.8) is 0 Å². The van der Waals surface area contributed by atoms with E-state index in [-0.39, 0.29) is 23.6 Å². The molecule has 3 aliphatic rings. The lowest BCUT2D eigenvalue weighted by atomic mass is 9.85. The summed E-state index contributed by atoms with van der Waals surface area (Å²) >= 11 is 5.98. The number of fused-ring (bicyclic) bond motifs is 3. The van der Waals surface area contributed by atoms with E-state index < -0.39 is 17.9 Å². The molecule has 6 heteroatoms. The van der Waals surface area contributed by atoms with Gasteiger partial charge < -0.3 is 0 Å². The highest BCUT2D eigenvalue weighted by atomic mass is 35.5. The lowest BCUT2D eigenvalue weighted by Gasteiger charge is -2.28. The number of Topliss-reactive ketones (excluding diaryl/α,β-unsaturated/α-hetero) is 1. The number of halogens is 1. The van der Waals surface area contributed by atoms with Gasteiger partial charge in [-0.2, -0.15) is 0 Å². The Morgan fingerprint density at radius 1 is 1.00 bits per heavy atom. The molecule has 3 fully saturated rings. The van der Waals surface area contributed by atoms with Gasteiger partial charge in [0.2, 0.25) is 11.8 Å². The zero-order valence-electron chi connectivity index (χ0n) is 17.0. The summed E-state index contributed by atoms with van der Waals surface area (Å²) in [6.45, 7) is 4.64. The first kappa shape index (κ1) is 19.5. The van der Waals surface area contributed by atoms with Crippen molar-refractivity contribution in [3.05, 3.63) is 64.2 Å². The highest BCUT2D eigenvalue weighted by Crippen LogP contribution is 2.48. The number of amides is 2. The van der Waals surface area contributed by atoms with Crippen LogP contribution in [0.4, 0.5) is 5.69 Å². The quantitative estimate of drug-likeness (QED) is 0.557. The lowest BCUT2D eigenvalue weighted by molar-refractivity contribution is -0.123. The summed E-state index contributed by atoms with van der Waals surface area (Å²) in [5, 5.41) is 0.558. The monoisotopic (exact) mass is 422 g/mol. The number of carbonyl (C=O) groups is 3. The van der Waals surface area contributed by atoms with Gasteiger partial charge in [-0.1, -0.05) is 29.3 Å². The van der Waals surface area contributed by atoms with Crippen molar-refractivity contribution in [1.29, 1.82) is 0 Å². The molecule has 0 saturated carbocycles. The molecule has 0 aliphatic carbocycles. The summed E-state index contributed by atoms with van der Waals surface area (Å²) in [6.07, 6.45) is 1.77. The summed E-state index contributed by atoms with van der Waals surface area (Å²) in [4.78, 5) is 44.0. The molecule has 0 N–H and O–H groups in total. The van der Waals surface area contributed by atoms with Crippen LogP contribution in [0.1, 0.15) is 34.3 Å². The maximum absolute atomic E-state index is 13.6. The van der Waals surface area contributed by atoms with Gasteiger partial charge in [-0.15, -0.1) is 0 Å². The third-order valence-electron chi connectivity index (χ3n) is 6.84. The standard InChI is InChI=1S/C24H23ClN2O3/c1-13-5-10-17(14(2)12-13)27-23(29)19-18-4-3-11-26(18)21(20(19)24(27)30)22(28)15-6-8-16(25)9-7-15/h5-10,12,18-21H,3-4,11H2,1-2H3. The summed E-state index contributed by atoms with van der Waals surface area (Å²) in [6, 6.07) is 11.8. The highest BCUT2D eigenvalue weighted by Gasteiger charge is 2.64. The van der Waals surface area contributed by atoms with E-state index >= 15 is 0 Å². The predicted octanol–water partition coefficient (Wildman–Crippen LogP) is 3.79. The van der Waals surface area contributed by atoms with Crippen LogP contribution in [0.3, 0.4) is 0 Å². The number of benzene rings is 2. The normalized spacial score (nSPS) is 28.2. The fourth-order valence-corrected chi connectivity index (χ4v) is 5.72. The fourth-order valence-electron chi connectivity index (χ4n) is 5.59. The molecule has 2 aromatic rings. The molecule has 4 unspecified atom stereocenters. The van der Waals surface area contributed by atoms with E-state index in [2.05, 4.69) is 4.90 Å². The molecule has 3 heterocycles. The van der Waals surface area contributed by atoms with Crippen molar-refractivity contribution in [2.75, 3.05) is 11.4 Å². The molecular weight excluding hydrogens is 400 g/mol. The van der Waals surface area contributed by atoms with E-state index in [0.29, 0.717) is 16.3 Å². The van der Waals surface area contributed by atoms with Gasteiger partial charge in [0.1, 0.15) is 0 Å². The Bertz CT molecular complexity index is 1060. The van der Waals surface area contributed by atoms with Crippen molar-refractivity contribution in [2.45, 2.75) is 38.8 Å². The zero-order chi connectivity index (χ0) is 21.2. The average molecular weight is 423 g/mol. The molecule has 2 aromatic carbocycles. The summed E-state index contributed by atoms with van der Waals surface area (Å²) in [5.74, 6) is -1.61. The summed E-state index contributed by atoms with van der Waals surface area (Å²) in [7, 11) is 0. The van der Waals surface area contributed by atoms with Crippen molar-refractivity contribution in [3.8, 4) is 0 Å². The SMILES string of the molecule is Cc1ccc(N2C(=O)C3C(C2=O)C(C(=O)c2ccc(Cl)cc2)N2CCCC32)c(C)c1. The second-order valence-corrected chi connectivity index (χ2v) is 9.05. The number of carbonyl (C=O) groups excluding carboxylic acids is 3. The van der Waals surface area contributed by atoms with Crippen LogP contribution < -0.4 is 4.90 Å². The van der Waals surface area contributed by atoms with Crippen molar-refractivity contribution in [2.24, 2.45) is 11.8 Å². The molecule has 5 rings (SSSR count). The number of ketones is 1. The largest absolute Gasteiger partial charge is 0.292 e. The van der Waals surface area contributed by atoms with Crippen LogP contribution in [0.25, 0.3) is 0 Å². The van der Waals surface area contributed by atoms with Gasteiger partial charge in [0.25, 0.3) is 0 Å². The van der Waals surface area contributed by atoms with E-state index in [0.717, 1.165) is 30.5 Å². The number of imide groups is 1. The van der Waals surface area contributed by atoms with Gasteiger partial charge in [0.05, 0.1) is 23.6 Å². The minimum Gasteiger partial charge on any atom is -0.292 e. The number of anilines is 1. The summed E-state index contributed by atoms with van der Waals surface area (Å²) < 4.78 is 0. The molecule has 3 aliphatic heterocycles. The second kappa shape index (κ2) is 7.03. The number of hydrogen-bond acceptors (Lipinski definition) is 4. The Kier molecular flexibility index (Phi) is 4.56. The third kappa shape index (κ3) is 2.76. The Balaban J connectivity index is 1.56. The fraction of sp³-hybridized carbons (Fsp3) is 0.375. The van der Waals surface area contributed by atoms with Gasteiger partial charge in [0, 0.05) is 16.6 Å². The van der Waals surface area contributed by atoms with Crippen LogP contribution in [0.2, 0.25) is 5.02 Å². The van der Waals surface area contributed by atoms with Crippen molar-refractivity contribution in [1.82, 2.24) is 4.90 Å². The van der Waals surface area contributed by atoms with Crippen LogP contribution in [0, 0.1) is 25.7 Å². The van der Waals surface area contributed by atoms with Gasteiger partial charge >= 0.3 is 0 Å². The van der Waals surface area contributed by atoms with Crippen LogP contribution in [0.15, 0.2) is 42.5 Å². The topological polar surface area (TPSA) is 57.7 Å². The second-order valence-electron chi connectivity index (χ2n) is 8.62. The van der Waals surface area contributed by atoms with Crippen molar-refractivity contribution < 1.29 is 14.4 Å². The molecule has 2 amide bonds. The van der Waals surface area contributed by atoms with Gasteiger partial charge in [0.15, 0.2) is 5.78 Å². The van der Waals surface area contributed by atoms with Crippen LogP contribution in [0.5, 0.6) is 0 Å². The van der Waals surface area contributed by atoms with E-state index in [4.69, 9.17) is 11.6 Å². The molecule has 0 bridgehead atoms. The Morgan fingerprint density at radius 2 is 1.70 bits per heavy atom. The zero-order valence-corrected chi connectivity index (χ0v) is 17.7. The van der Waals surface area contributed by atoms with Crippen LogP contribution in [-0.2, 0) is 9.59 Å². The van der Waals surface area contributed by atoms with E-state index in [9.17, 15) is 14.4 Å². The average Bonchev–Trinajstić information content (AvgIpc) is 3.35. The number of nitrogens with zero attached hydrogens (tertiary/aromatic N) is 2. The summed E-state index contributed by atoms with van der Waals surface area (Å²) in [5.41, 5.74) is 3.13. The number of rotatable bonds is 3. The highest BCUT2D eigenvalue weighted by molar-refractivity contribution is 6.30. The molecule has 30 heavy (non-hydrogen) atoms. The van der Waals surface area contributed by atoms with Gasteiger partial charge in [-0.3, -0.25) is 19.3 Å². The van der Waals surface area contributed by atoms with Crippen LogP contribution in [-0.4, -0.2) is 41.1 Å². The van der Waals surface area contributed by atoms with E-state index in [1.54, 1.807) is 24.3 Å². The maximum atomic E-state index is 13.6. The van der Waals surface area contributed by atoms with E-state index in [1.807, 2.05) is 32.0 Å². The smallest absolute Gasteiger partial charge is 0.239 e. The maximum Gasteiger partial charge on any atom is 0.239 e. The molecule has 0 aromatic heterocycles. The van der Waals surface area contributed by atoms with Gasteiger partial charge in [-0.05, 0) is 69.1 Å². The first-order chi connectivity index (χ1) is 14.4. The van der Waals surface area contributed by atoms with Crippen molar-refractivity contribution >= 4 is 34.9 Å². The number of aryl methyl sites for hydroxylation is 2. The first-order valence-electron chi connectivity index (χ1n) is 10.4. The molecule has 5 nitrogen and oxygen atoms in total. The van der Waals surface area contributed by atoms with Gasteiger partial charge in [-0.25, -0.2) is 4.90 Å². The number of hydrogen-bond donors (Lipinski definition) is 0. The Morgan fingerprint density at radius 3 is 2.40 bits per heavy atom. The Hall–Kier alpha value is -2.50. The lowest BCUT2D eigenvalue weighted by Crippen LogP contribution is -2.46. The first-order valence-corrected chi connectivity index (χ1v) is 10.8. The molecule has 154 valence electrons. The minimum atomic E-state index is -0.633.